The summed E-state index contributed by atoms with van der Waals surface area (Å²) in [5.74, 6) is 0.911. The predicted octanol–water partition coefficient (Wildman–Crippen LogP) is 4.67. The zero-order valence-electron chi connectivity index (χ0n) is 12.8. The zero-order chi connectivity index (χ0) is 15.2. The van der Waals surface area contributed by atoms with E-state index in [9.17, 15) is 0 Å². The van der Waals surface area contributed by atoms with Gasteiger partial charge in [-0.1, -0.05) is 36.4 Å². The molecule has 1 saturated heterocycles. The maximum Gasteiger partial charge on any atom is 0.134 e. The van der Waals surface area contributed by atoms with Gasteiger partial charge in [-0.05, 0) is 71.5 Å². The van der Waals surface area contributed by atoms with Crippen LogP contribution in [-0.2, 0) is 13.0 Å². The van der Waals surface area contributed by atoms with Crippen LogP contribution >= 0.6 is 15.9 Å². The Kier molecular flexibility index (Phi) is 5.52. The third kappa shape index (κ3) is 4.34. The number of likely N-dealkylation sites (tertiary alicyclic amines) is 1. The first kappa shape index (κ1) is 15.6. The van der Waals surface area contributed by atoms with Gasteiger partial charge in [-0.15, -0.1) is 0 Å². The molecule has 1 fully saturated rings. The van der Waals surface area contributed by atoms with Gasteiger partial charge in [0, 0.05) is 6.54 Å². The van der Waals surface area contributed by atoms with Gasteiger partial charge in [-0.2, -0.15) is 0 Å². The minimum atomic E-state index is 0.604. The Morgan fingerprint density at radius 1 is 0.955 bits per heavy atom. The topological polar surface area (TPSA) is 12.5 Å². The van der Waals surface area contributed by atoms with Crippen molar-refractivity contribution in [1.29, 1.82) is 0 Å². The van der Waals surface area contributed by atoms with Crippen LogP contribution in [0.15, 0.2) is 53.0 Å². The lowest BCUT2D eigenvalue weighted by atomic mass is 10.1. The summed E-state index contributed by atoms with van der Waals surface area (Å²) in [6, 6.07) is 16.7. The van der Waals surface area contributed by atoms with Gasteiger partial charge in [-0.3, -0.25) is 0 Å². The van der Waals surface area contributed by atoms with E-state index in [0.29, 0.717) is 6.61 Å². The minimum absolute atomic E-state index is 0.604. The number of rotatable bonds is 6. The normalized spacial score (nSPS) is 15.1. The van der Waals surface area contributed by atoms with Crippen molar-refractivity contribution in [2.24, 2.45) is 0 Å². The largest absolute Gasteiger partial charge is 0.488 e. The van der Waals surface area contributed by atoms with Crippen molar-refractivity contribution in [2.75, 3.05) is 19.6 Å². The van der Waals surface area contributed by atoms with Gasteiger partial charge in [0.1, 0.15) is 12.4 Å². The van der Waals surface area contributed by atoms with Crippen molar-refractivity contribution in [3.63, 3.8) is 0 Å². The van der Waals surface area contributed by atoms with Gasteiger partial charge in [-0.25, -0.2) is 0 Å². The molecule has 0 aromatic heterocycles. The summed E-state index contributed by atoms with van der Waals surface area (Å²) in [5.41, 5.74) is 2.55. The molecule has 3 heteroatoms. The maximum atomic E-state index is 5.90. The molecule has 116 valence electrons. The molecule has 0 aliphatic carbocycles. The zero-order valence-corrected chi connectivity index (χ0v) is 14.4. The molecule has 0 spiro atoms. The predicted molar refractivity (Wildman–Crippen MR) is 94.3 cm³/mol. The molecule has 0 saturated carbocycles. The summed E-state index contributed by atoms with van der Waals surface area (Å²) in [7, 11) is 0. The number of hydrogen-bond acceptors (Lipinski definition) is 2. The quantitative estimate of drug-likeness (QED) is 0.743. The highest BCUT2D eigenvalue weighted by molar-refractivity contribution is 9.10. The van der Waals surface area contributed by atoms with Gasteiger partial charge >= 0.3 is 0 Å². The van der Waals surface area contributed by atoms with E-state index in [0.717, 1.165) is 23.2 Å². The molecular formula is C19H22BrNO. The van der Waals surface area contributed by atoms with Crippen molar-refractivity contribution in [3.8, 4) is 5.75 Å². The second-order valence-electron chi connectivity index (χ2n) is 5.84. The van der Waals surface area contributed by atoms with Crippen molar-refractivity contribution >= 4 is 15.9 Å². The minimum Gasteiger partial charge on any atom is -0.488 e. The molecular weight excluding hydrogens is 338 g/mol. The van der Waals surface area contributed by atoms with Gasteiger partial charge < -0.3 is 9.64 Å². The Hall–Kier alpha value is -1.32. The van der Waals surface area contributed by atoms with E-state index in [2.05, 4.69) is 51.2 Å². The molecule has 0 atom stereocenters. The molecule has 1 aliphatic rings. The number of nitrogens with zero attached hydrogens (tertiary/aromatic N) is 1. The molecule has 0 bridgehead atoms. The summed E-state index contributed by atoms with van der Waals surface area (Å²) < 4.78 is 6.94. The van der Waals surface area contributed by atoms with Crippen LogP contribution in [0.25, 0.3) is 0 Å². The van der Waals surface area contributed by atoms with E-state index in [4.69, 9.17) is 4.74 Å². The molecule has 0 N–H and O–H groups in total. The van der Waals surface area contributed by atoms with Crippen LogP contribution in [0.3, 0.4) is 0 Å². The van der Waals surface area contributed by atoms with E-state index in [1.807, 2.05) is 18.2 Å². The fourth-order valence-corrected chi connectivity index (χ4v) is 3.39. The third-order valence-electron chi connectivity index (χ3n) is 4.15. The highest BCUT2D eigenvalue weighted by atomic mass is 79.9. The molecule has 1 aliphatic heterocycles. The second-order valence-corrected chi connectivity index (χ2v) is 6.69. The first-order valence-electron chi connectivity index (χ1n) is 7.99. The summed E-state index contributed by atoms with van der Waals surface area (Å²) in [6.45, 7) is 4.29. The van der Waals surface area contributed by atoms with E-state index in [1.165, 1.54) is 37.1 Å². The van der Waals surface area contributed by atoms with E-state index < -0.39 is 0 Å². The fraction of sp³-hybridized carbons (Fsp3) is 0.368. The third-order valence-corrected chi connectivity index (χ3v) is 4.77. The van der Waals surface area contributed by atoms with Crippen molar-refractivity contribution < 1.29 is 4.74 Å². The molecule has 3 rings (SSSR count). The SMILES string of the molecule is Brc1cc(CCN2CCCC2)ccc1OCc1ccccc1. The fourth-order valence-electron chi connectivity index (χ4n) is 2.85. The van der Waals surface area contributed by atoms with Gasteiger partial charge in [0.25, 0.3) is 0 Å². The molecule has 2 aromatic rings. The summed E-state index contributed by atoms with van der Waals surface area (Å²) in [4.78, 5) is 2.55. The Balaban J connectivity index is 1.54. The molecule has 0 unspecified atom stereocenters. The standard InChI is InChI=1S/C19H22BrNO/c20-18-14-16(10-13-21-11-4-5-12-21)8-9-19(18)22-15-17-6-2-1-3-7-17/h1-3,6-9,14H,4-5,10-13,15H2. The van der Waals surface area contributed by atoms with Gasteiger partial charge in [0.05, 0.1) is 4.47 Å². The van der Waals surface area contributed by atoms with Crippen LogP contribution < -0.4 is 4.74 Å². The molecule has 0 radical (unpaired) electrons. The lowest BCUT2D eigenvalue weighted by Gasteiger charge is -2.15. The van der Waals surface area contributed by atoms with Crippen molar-refractivity contribution in [2.45, 2.75) is 25.9 Å². The molecule has 22 heavy (non-hydrogen) atoms. The van der Waals surface area contributed by atoms with Crippen LogP contribution in [-0.4, -0.2) is 24.5 Å². The Bertz CT molecular complexity index is 594. The Morgan fingerprint density at radius 2 is 1.73 bits per heavy atom. The molecule has 1 heterocycles. The first-order valence-corrected chi connectivity index (χ1v) is 8.78. The number of hydrogen-bond donors (Lipinski definition) is 0. The molecule has 0 amide bonds. The van der Waals surface area contributed by atoms with Crippen molar-refractivity contribution in [1.82, 2.24) is 4.90 Å². The Morgan fingerprint density at radius 3 is 2.45 bits per heavy atom. The lowest BCUT2D eigenvalue weighted by Crippen LogP contribution is -2.21. The summed E-state index contributed by atoms with van der Waals surface area (Å²) in [5, 5.41) is 0. The van der Waals surface area contributed by atoms with Crippen LogP contribution in [0, 0.1) is 0 Å². The maximum absolute atomic E-state index is 5.90. The average Bonchev–Trinajstić information content (AvgIpc) is 3.06. The summed E-state index contributed by atoms with van der Waals surface area (Å²) >= 11 is 3.64. The lowest BCUT2D eigenvalue weighted by molar-refractivity contribution is 0.304. The van der Waals surface area contributed by atoms with Crippen LogP contribution in [0.1, 0.15) is 24.0 Å². The molecule has 2 nitrogen and oxygen atoms in total. The monoisotopic (exact) mass is 359 g/mol. The van der Waals surface area contributed by atoms with Crippen LogP contribution in [0.4, 0.5) is 0 Å². The van der Waals surface area contributed by atoms with E-state index in [-0.39, 0.29) is 0 Å². The first-order chi connectivity index (χ1) is 10.8. The van der Waals surface area contributed by atoms with Gasteiger partial charge in [0.15, 0.2) is 0 Å². The smallest absolute Gasteiger partial charge is 0.134 e. The van der Waals surface area contributed by atoms with Gasteiger partial charge in [0.2, 0.25) is 0 Å². The summed E-state index contributed by atoms with van der Waals surface area (Å²) in [6.07, 6.45) is 3.82. The van der Waals surface area contributed by atoms with Crippen molar-refractivity contribution in [3.05, 3.63) is 64.1 Å². The number of ether oxygens (including phenoxy) is 1. The average molecular weight is 360 g/mol. The molecule has 2 aromatic carbocycles. The highest BCUT2D eigenvalue weighted by Gasteiger charge is 2.11. The highest BCUT2D eigenvalue weighted by Crippen LogP contribution is 2.27. The Labute approximate surface area is 141 Å². The van der Waals surface area contributed by atoms with Crippen LogP contribution in [0.5, 0.6) is 5.75 Å². The van der Waals surface area contributed by atoms with Crippen LogP contribution in [0.2, 0.25) is 0 Å². The number of halogens is 1. The van der Waals surface area contributed by atoms with E-state index >= 15 is 0 Å². The van der Waals surface area contributed by atoms with E-state index in [1.54, 1.807) is 0 Å². The number of benzene rings is 2. The second kappa shape index (κ2) is 7.80.